The number of H-pyrrole nitrogens is 2. The van der Waals surface area contributed by atoms with Gasteiger partial charge in [0, 0.05) is 29.0 Å². The van der Waals surface area contributed by atoms with Gasteiger partial charge in [-0.25, -0.2) is 0 Å². The van der Waals surface area contributed by atoms with E-state index in [1.54, 1.807) is 0 Å². The zero-order chi connectivity index (χ0) is 14.1. The molecule has 0 aliphatic carbocycles. The standard InChI is InChI=1S/C15H16N4O/c1-9(2)12-8-14(19-18-12)17-15(20)11-4-3-10-5-6-16-13(10)7-11/h3-9,16H,1-2H3,(H2,17,18,19,20). The molecule has 0 fully saturated rings. The van der Waals surface area contributed by atoms with Gasteiger partial charge in [-0.3, -0.25) is 9.89 Å². The van der Waals surface area contributed by atoms with Crippen molar-refractivity contribution in [2.75, 3.05) is 5.32 Å². The van der Waals surface area contributed by atoms with Crippen molar-refractivity contribution in [3.05, 3.63) is 47.8 Å². The van der Waals surface area contributed by atoms with Crippen LogP contribution in [0.3, 0.4) is 0 Å². The number of hydrogen-bond donors (Lipinski definition) is 3. The third kappa shape index (κ3) is 2.30. The van der Waals surface area contributed by atoms with E-state index in [-0.39, 0.29) is 5.91 Å². The Morgan fingerprint density at radius 2 is 2.10 bits per heavy atom. The summed E-state index contributed by atoms with van der Waals surface area (Å²) in [6, 6.07) is 9.39. The van der Waals surface area contributed by atoms with E-state index >= 15 is 0 Å². The fourth-order valence-electron chi connectivity index (χ4n) is 2.07. The number of carbonyl (C=O) groups is 1. The molecule has 20 heavy (non-hydrogen) atoms. The fourth-order valence-corrected chi connectivity index (χ4v) is 2.07. The molecule has 102 valence electrons. The zero-order valence-corrected chi connectivity index (χ0v) is 11.4. The zero-order valence-electron chi connectivity index (χ0n) is 11.4. The first-order valence-electron chi connectivity index (χ1n) is 6.57. The number of amides is 1. The van der Waals surface area contributed by atoms with Crippen LogP contribution in [-0.2, 0) is 0 Å². The molecule has 5 nitrogen and oxygen atoms in total. The average Bonchev–Trinajstić information content (AvgIpc) is 3.05. The molecule has 0 aliphatic rings. The second-order valence-electron chi connectivity index (χ2n) is 5.10. The van der Waals surface area contributed by atoms with Crippen molar-refractivity contribution < 1.29 is 4.79 Å². The third-order valence-corrected chi connectivity index (χ3v) is 3.28. The van der Waals surface area contributed by atoms with Gasteiger partial charge in [0.05, 0.1) is 0 Å². The van der Waals surface area contributed by atoms with Crippen LogP contribution in [0.2, 0.25) is 0 Å². The van der Waals surface area contributed by atoms with E-state index in [0.29, 0.717) is 17.3 Å². The summed E-state index contributed by atoms with van der Waals surface area (Å²) in [5.41, 5.74) is 2.55. The maximum Gasteiger partial charge on any atom is 0.256 e. The Kier molecular flexibility index (Phi) is 3.02. The van der Waals surface area contributed by atoms with Crippen LogP contribution in [0.5, 0.6) is 0 Å². The van der Waals surface area contributed by atoms with E-state index in [1.807, 2.05) is 36.5 Å². The van der Waals surface area contributed by atoms with Gasteiger partial charge >= 0.3 is 0 Å². The van der Waals surface area contributed by atoms with Gasteiger partial charge in [0.15, 0.2) is 5.82 Å². The van der Waals surface area contributed by atoms with E-state index in [2.05, 4.69) is 34.3 Å². The number of hydrogen-bond acceptors (Lipinski definition) is 2. The Morgan fingerprint density at radius 3 is 2.85 bits per heavy atom. The average molecular weight is 268 g/mol. The number of nitrogens with one attached hydrogen (secondary N) is 3. The molecular formula is C15H16N4O. The van der Waals surface area contributed by atoms with Crippen molar-refractivity contribution >= 4 is 22.6 Å². The molecule has 3 aromatic rings. The van der Waals surface area contributed by atoms with Crippen LogP contribution in [0.15, 0.2) is 36.5 Å². The predicted molar refractivity (Wildman–Crippen MR) is 78.9 cm³/mol. The van der Waals surface area contributed by atoms with Gasteiger partial charge < -0.3 is 10.3 Å². The Bertz CT molecular complexity index is 754. The largest absolute Gasteiger partial charge is 0.361 e. The lowest BCUT2D eigenvalue weighted by Crippen LogP contribution is -2.12. The maximum atomic E-state index is 12.2. The van der Waals surface area contributed by atoms with E-state index in [4.69, 9.17) is 0 Å². The monoisotopic (exact) mass is 268 g/mol. The molecule has 0 bridgehead atoms. The van der Waals surface area contributed by atoms with E-state index < -0.39 is 0 Å². The van der Waals surface area contributed by atoms with Crippen molar-refractivity contribution in [2.24, 2.45) is 0 Å². The van der Waals surface area contributed by atoms with Gasteiger partial charge in [-0.15, -0.1) is 0 Å². The van der Waals surface area contributed by atoms with Gasteiger partial charge in [0.2, 0.25) is 0 Å². The van der Waals surface area contributed by atoms with Crippen molar-refractivity contribution in [1.82, 2.24) is 15.2 Å². The minimum atomic E-state index is -0.164. The molecule has 2 heterocycles. The Morgan fingerprint density at radius 1 is 1.25 bits per heavy atom. The van der Waals surface area contributed by atoms with E-state index in [1.165, 1.54) is 0 Å². The lowest BCUT2D eigenvalue weighted by atomic mass is 10.1. The molecule has 0 atom stereocenters. The van der Waals surface area contributed by atoms with Crippen molar-refractivity contribution in [2.45, 2.75) is 19.8 Å². The molecule has 0 unspecified atom stereocenters. The molecule has 1 aromatic carbocycles. The fraction of sp³-hybridized carbons (Fsp3) is 0.200. The number of carbonyl (C=O) groups excluding carboxylic acids is 1. The highest BCUT2D eigenvalue weighted by molar-refractivity contribution is 6.05. The predicted octanol–water partition coefficient (Wildman–Crippen LogP) is 3.27. The van der Waals surface area contributed by atoms with E-state index in [0.717, 1.165) is 16.6 Å². The van der Waals surface area contributed by atoms with Crippen molar-refractivity contribution in [1.29, 1.82) is 0 Å². The first kappa shape index (κ1) is 12.5. The smallest absolute Gasteiger partial charge is 0.256 e. The molecule has 3 N–H and O–H groups in total. The lowest BCUT2D eigenvalue weighted by Gasteiger charge is -2.02. The van der Waals surface area contributed by atoms with Crippen LogP contribution in [0.1, 0.15) is 35.8 Å². The number of aromatic amines is 2. The highest BCUT2D eigenvalue weighted by atomic mass is 16.1. The summed E-state index contributed by atoms with van der Waals surface area (Å²) < 4.78 is 0. The van der Waals surface area contributed by atoms with Crippen LogP contribution in [0.4, 0.5) is 5.82 Å². The van der Waals surface area contributed by atoms with Gasteiger partial charge in [-0.2, -0.15) is 5.10 Å². The first-order chi connectivity index (χ1) is 9.63. The highest BCUT2D eigenvalue weighted by Crippen LogP contribution is 2.17. The summed E-state index contributed by atoms with van der Waals surface area (Å²) in [6.07, 6.45) is 1.86. The van der Waals surface area contributed by atoms with Gasteiger partial charge in [-0.1, -0.05) is 19.9 Å². The first-order valence-corrected chi connectivity index (χ1v) is 6.57. The summed E-state index contributed by atoms with van der Waals surface area (Å²) >= 11 is 0. The van der Waals surface area contributed by atoms with E-state index in [9.17, 15) is 4.79 Å². The summed E-state index contributed by atoms with van der Waals surface area (Å²) in [6.45, 7) is 4.14. The lowest BCUT2D eigenvalue weighted by molar-refractivity contribution is 0.102. The molecule has 2 aromatic heterocycles. The topological polar surface area (TPSA) is 73.6 Å². The van der Waals surface area contributed by atoms with Gasteiger partial charge in [-0.05, 0) is 29.5 Å². The second-order valence-corrected chi connectivity index (χ2v) is 5.10. The van der Waals surface area contributed by atoms with Gasteiger partial charge in [0.1, 0.15) is 0 Å². The second kappa shape index (κ2) is 4.85. The number of benzene rings is 1. The van der Waals surface area contributed by atoms with Crippen molar-refractivity contribution in [3.63, 3.8) is 0 Å². The molecule has 0 spiro atoms. The minimum absolute atomic E-state index is 0.164. The van der Waals surface area contributed by atoms with Crippen LogP contribution in [-0.4, -0.2) is 21.1 Å². The molecule has 5 heteroatoms. The molecule has 0 saturated carbocycles. The van der Waals surface area contributed by atoms with Crippen LogP contribution < -0.4 is 5.32 Å². The van der Waals surface area contributed by atoms with Gasteiger partial charge in [0.25, 0.3) is 5.91 Å². The maximum absolute atomic E-state index is 12.2. The highest BCUT2D eigenvalue weighted by Gasteiger charge is 2.10. The molecule has 0 saturated heterocycles. The molecule has 1 amide bonds. The molecule has 0 aliphatic heterocycles. The SMILES string of the molecule is CC(C)c1cc(NC(=O)c2ccc3cc[nH]c3c2)n[nH]1. The number of aromatic nitrogens is 3. The molecule has 3 rings (SSSR count). The number of anilines is 1. The number of nitrogens with zero attached hydrogens (tertiary/aromatic N) is 1. The summed E-state index contributed by atoms with van der Waals surface area (Å²) in [4.78, 5) is 15.3. The Labute approximate surface area is 116 Å². The number of fused-ring (bicyclic) bond motifs is 1. The van der Waals surface area contributed by atoms with Crippen molar-refractivity contribution in [3.8, 4) is 0 Å². The Balaban J connectivity index is 1.80. The minimum Gasteiger partial charge on any atom is -0.361 e. The third-order valence-electron chi connectivity index (χ3n) is 3.28. The normalized spacial score (nSPS) is 11.2. The molecular weight excluding hydrogens is 252 g/mol. The molecule has 0 radical (unpaired) electrons. The van der Waals surface area contributed by atoms with Crippen LogP contribution in [0.25, 0.3) is 10.9 Å². The Hall–Kier alpha value is -2.56. The summed E-state index contributed by atoms with van der Waals surface area (Å²) in [5.74, 6) is 0.733. The summed E-state index contributed by atoms with van der Waals surface area (Å²) in [7, 11) is 0. The quantitative estimate of drug-likeness (QED) is 0.682. The van der Waals surface area contributed by atoms with Crippen LogP contribution in [0, 0.1) is 0 Å². The number of rotatable bonds is 3. The summed E-state index contributed by atoms with van der Waals surface area (Å²) in [5, 5.41) is 10.9. The van der Waals surface area contributed by atoms with Crippen LogP contribution >= 0.6 is 0 Å².